The molecule has 25 heavy (non-hydrogen) atoms. The lowest BCUT2D eigenvalue weighted by Crippen LogP contribution is -2.62. The molecule has 3 atom stereocenters. The Hall–Kier alpha value is -0.950. The van der Waals surface area contributed by atoms with Crippen LogP contribution in [0.15, 0.2) is 28.7 Å². The monoisotopic (exact) mass is 411 g/mol. The number of hydrogen-bond acceptors (Lipinski definition) is 5. The first-order valence-electron chi connectivity index (χ1n) is 8.89. The third kappa shape index (κ3) is 3.50. The van der Waals surface area contributed by atoms with Crippen molar-refractivity contribution in [2.45, 2.75) is 44.4 Å². The van der Waals surface area contributed by atoms with Gasteiger partial charge in [0.1, 0.15) is 6.04 Å². The maximum atomic E-state index is 12.4. The fraction of sp³-hybridized carbons (Fsp3) is 0.632. The number of likely N-dealkylation sites (tertiary alicyclic amines) is 1. The van der Waals surface area contributed by atoms with Crippen LogP contribution in [-0.2, 0) is 14.3 Å². The molecule has 1 spiro atoms. The summed E-state index contributed by atoms with van der Waals surface area (Å²) in [6.45, 7) is 4.16. The summed E-state index contributed by atoms with van der Waals surface area (Å²) in [4.78, 5) is 14.6. The Balaban J connectivity index is 1.74. The van der Waals surface area contributed by atoms with Crippen molar-refractivity contribution in [3.8, 4) is 0 Å². The zero-order valence-electron chi connectivity index (χ0n) is 14.8. The number of methoxy groups -OCH3 is 1. The van der Waals surface area contributed by atoms with Crippen molar-refractivity contribution < 1.29 is 19.4 Å². The Kier molecular flexibility index (Phi) is 5.83. The van der Waals surface area contributed by atoms with Crippen LogP contribution in [0.25, 0.3) is 0 Å². The molecule has 1 saturated heterocycles. The number of aliphatic hydroxyl groups is 1. The van der Waals surface area contributed by atoms with Gasteiger partial charge in [0.2, 0.25) is 0 Å². The molecule has 6 heteroatoms. The molecule has 1 heterocycles. The average Bonchev–Trinajstić information content (AvgIpc) is 2.64. The van der Waals surface area contributed by atoms with E-state index in [4.69, 9.17) is 9.47 Å². The number of halogens is 1. The van der Waals surface area contributed by atoms with Gasteiger partial charge in [-0.05, 0) is 37.5 Å². The molecule has 5 nitrogen and oxygen atoms in total. The topological polar surface area (TPSA) is 59.0 Å². The summed E-state index contributed by atoms with van der Waals surface area (Å²) in [5, 5.41) is 10.4. The number of ether oxygens (including phenoxy) is 2. The van der Waals surface area contributed by atoms with E-state index in [1.165, 1.54) is 7.11 Å². The van der Waals surface area contributed by atoms with Gasteiger partial charge in [-0.1, -0.05) is 28.1 Å². The van der Waals surface area contributed by atoms with Gasteiger partial charge in [0.15, 0.2) is 0 Å². The summed E-state index contributed by atoms with van der Waals surface area (Å²) < 4.78 is 11.9. The number of aliphatic hydroxyl groups excluding tert-OH is 1. The van der Waals surface area contributed by atoms with Gasteiger partial charge in [0, 0.05) is 36.0 Å². The van der Waals surface area contributed by atoms with Gasteiger partial charge in [0.05, 0.1) is 19.3 Å². The Morgan fingerprint density at radius 2 is 2.00 bits per heavy atom. The number of carbonyl (C=O) groups is 1. The van der Waals surface area contributed by atoms with E-state index in [9.17, 15) is 9.90 Å². The van der Waals surface area contributed by atoms with Gasteiger partial charge in [-0.15, -0.1) is 0 Å². The second kappa shape index (κ2) is 7.74. The van der Waals surface area contributed by atoms with E-state index < -0.39 is 6.04 Å². The van der Waals surface area contributed by atoms with E-state index in [0.29, 0.717) is 6.61 Å². The lowest BCUT2D eigenvalue weighted by atomic mass is 9.58. The minimum atomic E-state index is -0.404. The quantitative estimate of drug-likeness (QED) is 0.754. The van der Waals surface area contributed by atoms with Crippen molar-refractivity contribution >= 4 is 21.9 Å². The van der Waals surface area contributed by atoms with Crippen LogP contribution in [0.3, 0.4) is 0 Å². The summed E-state index contributed by atoms with van der Waals surface area (Å²) in [7, 11) is 1.43. The Morgan fingerprint density at radius 1 is 1.36 bits per heavy atom. The van der Waals surface area contributed by atoms with Crippen LogP contribution in [0.4, 0.5) is 0 Å². The predicted molar refractivity (Wildman–Crippen MR) is 98.2 cm³/mol. The lowest BCUT2D eigenvalue weighted by molar-refractivity contribution is -0.212. The van der Waals surface area contributed by atoms with Gasteiger partial charge in [-0.3, -0.25) is 4.90 Å². The molecule has 2 fully saturated rings. The molecule has 0 radical (unpaired) electrons. The highest BCUT2D eigenvalue weighted by molar-refractivity contribution is 9.10. The van der Waals surface area contributed by atoms with Gasteiger partial charge < -0.3 is 14.6 Å². The second-order valence-corrected chi connectivity index (χ2v) is 7.86. The van der Waals surface area contributed by atoms with Crippen LogP contribution in [0, 0.1) is 5.41 Å². The van der Waals surface area contributed by atoms with Gasteiger partial charge in [0.25, 0.3) is 0 Å². The van der Waals surface area contributed by atoms with Crippen molar-refractivity contribution in [3.05, 3.63) is 34.3 Å². The summed E-state index contributed by atoms with van der Waals surface area (Å²) in [5.74, 6) is -0.242. The van der Waals surface area contributed by atoms with Gasteiger partial charge in [-0.2, -0.15) is 0 Å². The smallest absolute Gasteiger partial charge is 0.327 e. The molecule has 1 aromatic rings. The second-order valence-electron chi connectivity index (χ2n) is 6.94. The van der Waals surface area contributed by atoms with Crippen LogP contribution in [0.5, 0.6) is 0 Å². The minimum Gasteiger partial charge on any atom is -0.468 e. The number of rotatable bonds is 5. The highest BCUT2D eigenvalue weighted by Crippen LogP contribution is 2.51. The molecule has 0 amide bonds. The largest absolute Gasteiger partial charge is 0.468 e. The number of benzene rings is 1. The van der Waals surface area contributed by atoms with E-state index in [-0.39, 0.29) is 23.6 Å². The first kappa shape index (κ1) is 18.8. The zero-order valence-corrected chi connectivity index (χ0v) is 16.4. The fourth-order valence-corrected chi connectivity index (χ4v) is 4.53. The van der Waals surface area contributed by atoms with E-state index >= 15 is 0 Å². The molecule has 1 saturated carbocycles. The molecule has 0 aromatic heterocycles. The molecule has 1 N–H and O–H groups in total. The molecule has 0 bridgehead atoms. The van der Waals surface area contributed by atoms with Crippen LogP contribution in [-0.4, -0.2) is 55.0 Å². The first-order valence-corrected chi connectivity index (χ1v) is 9.68. The Labute approximate surface area is 157 Å². The summed E-state index contributed by atoms with van der Waals surface area (Å²) in [5.41, 5.74) is 0.786. The molecule has 138 valence electrons. The van der Waals surface area contributed by atoms with Crippen molar-refractivity contribution in [1.29, 1.82) is 0 Å². The summed E-state index contributed by atoms with van der Waals surface area (Å²) >= 11 is 3.43. The third-order valence-electron chi connectivity index (χ3n) is 5.81. The van der Waals surface area contributed by atoms with Crippen molar-refractivity contribution in [2.24, 2.45) is 5.41 Å². The normalized spacial score (nSPS) is 26.9. The fourth-order valence-electron chi connectivity index (χ4n) is 4.27. The molecular formula is C19H26BrNO4. The molecule has 1 aliphatic carbocycles. The predicted octanol–water partition coefficient (Wildman–Crippen LogP) is 2.92. The maximum absolute atomic E-state index is 12.4. The molecule has 1 aromatic carbocycles. The summed E-state index contributed by atoms with van der Waals surface area (Å²) in [6, 6.07) is 7.39. The number of esters is 1. The lowest BCUT2D eigenvalue weighted by Gasteiger charge is -2.57. The van der Waals surface area contributed by atoms with E-state index in [1.54, 1.807) is 0 Å². The number of hydrogen-bond donors (Lipinski definition) is 1. The molecule has 1 aliphatic heterocycles. The Morgan fingerprint density at radius 3 is 2.52 bits per heavy atom. The highest BCUT2D eigenvalue weighted by Gasteiger charge is 2.56. The molecule has 2 aliphatic rings. The SMILES string of the molecule is CCO[C@@H]1C[C@H](O)C12CCN([C@H](C(=O)OC)c1ccc(Br)cc1)CC2. The standard InChI is InChI=1S/C19H26BrNO4/c1-3-25-16-12-15(22)19(16)8-10-21(11-9-19)17(18(23)24-2)13-4-6-14(20)7-5-13/h4-7,15-17,22H,3,8-12H2,1-2H3/t15-,16+,17-/m0/s1. The van der Waals surface area contributed by atoms with Crippen LogP contribution < -0.4 is 0 Å². The van der Waals surface area contributed by atoms with Crippen molar-refractivity contribution in [1.82, 2.24) is 4.90 Å². The summed E-state index contributed by atoms with van der Waals surface area (Å²) in [6.07, 6.45) is 2.24. The average molecular weight is 412 g/mol. The van der Waals surface area contributed by atoms with E-state index in [2.05, 4.69) is 20.8 Å². The maximum Gasteiger partial charge on any atom is 0.327 e. The number of piperidine rings is 1. The van der Waals surface area contributed by atoms with Crippen LogP contribution in [0.1, 0.15) is 37.8 Å². The number of carbonyl (C=O) groups excluding carboxylic acids is 1. The Bertz CT molecular complexity index is 596. The van der Waals surface area contributed by atoms with Crippen molar-refractivity contribution in [3.63, 3.8) is 0 Å². The first-order chi connectivity index (χ1) is 12.0. The van der Waals surface area contributed by atoms with E-state index in [0.717, 1.165) is 42.4 Å². The van der Waals surface area contributed by atoms with Crippen LogP contribution in [0.2, 0.25) is 0 Å². The minimum absolute atomic E-state index is 0.138. The highest BCUT2D eigenvalue weighted by atomic mass is 79.9. The van der Waals surface area contributed by atoms with E-state index in [1.807, 2.05) is 31.2 Å². The van der Waals surface area contributed by atoms with Gasteiger partial charge in [-0.25, -0.2) is 4.79 Å². The zero-order chi connectivity index (χ0) is 18.0. The molecular weight excluding hydrogens is 386 g/mol. The molecule has 3 rings (SSSR count). The van der Waals surface area contributed by atoms with Gasteiger partial charge >= 0.3 is 5.97 Å². The third-order valence-corrected chi connectivity index (χ3v) is 6.34. The van der Waals surface area contributed by atoms with Crippen molar-refractivity contribution in [2.75, 3.05) is 26.8 Å². The van der Waals surface area contributed by atoms with Crippen LogP contribution >= 0.6 is 15.9 Å². The number of nitrogens with zero attached hydrogens (tertiary/aromatic N) is 1. The molecule has 0 unspecified atom stereocenters.